The largest absolute Gasteiger partial charge is 0.463 e. The van der Waals surface area contributed by atoms with Crippen LogP contribution in [0.3, 0.4) is 0 Å². The van der Waals surface area contributed by atoms with Crippen molar-refractivity contribution in [1.29, 1.82) is 0 Å². The van der Waals surface area contributed by atoms with Crippen LogP contribution in [0.2, 0.25) is 0 Å². The normalized spacial score (nSPS) is 13.0. The van der Waals surface area contributed by atoms with E-state index in [2.05, 4.69) is 0 Å². The minimum absolute atomic E-state index is 0.0474. The molecule has 1 atom stereocenters. The number of carbonyl (C=O) groups excluding carboxylic acids is 2. The smallest absolute Gasteiger partial charge is 0.319 e. The molecule has 0 aliphatic carbocycles. The first kappa shape index (κ1) is 21.8. The molecule has 0 aliphatic heterocycles. The second kappa shape index (κ2) is 11.3. The molecule has 0 saturated heterocycles. The maximum Gasteiger partial charge on any atom is 0.319 e. The molecule has 8 nitrogen and oxygen atoms in total. The number of hydrogen-bond donors (Lipinski definition) is 1. The standard InChI is InChI=1S/C15H29NO7/c1-11(2)13(18)20-7-9-22-14(23-15(3,4)5)21-8-6-19-12(17)10-16/h11,14H,6-10,16H2,1-5H3. The van der Waals surface area contributed by atoms with Gasteiger partial charge in [0.1, 0.15) is 13.2 Å². The maximum atomic E-state index is 11.3. The van der Waals surface area contributed by atoms with E-state index in [9.17, 15) is 9.59 Å². The Labute approximate surface area is 137 Å². The van der Waals surface area contributed by atoms with Crippen LogP contribution in [0.4, 0.5) is 0 Å². The summed E-state index contributed by atoms with van der Waals surface area (Å²) in [6, 6.07) is 0. The Hall–Kier alpha value is -1.22. The van der Waals surface area contributed by atoms with E-state index >= 15 is 0 Å². The van der Waals surface area contributed by atoms with Gasteiger partial charge >= 0.3 is 11.9 Å². The Morgan fingerprint density at radius 1 is 0.957 bits per heavy atom. The van der Waals surface area contributed by atoms with Gasteiger partial charge in [-0.15, -0.1) is 0 Å². The average molecular weight is 335 g/mol. The van der Waals surface area contributed by atoms with Gasteiger partial charge in [-0.3, -0.25) is 9.59 Å². The molecule has 0 fully saturated rings. The van der Waals surface area contributed by atoms with E-state index < -0.39 is 18.0 Å². The predicted molar refractivity (Wildman–Crippen MR) is 82.3 cm³/mol. The highest BCUT2D eigenvalue weighted by Crippen LogP contribution is 2.12. The summed E-state index contributed by atoms with van der Waals surface area (Å²) >= 11 is 0. The first-order valence-electron chi connectivity index (χ1n) is 7.59. The van der Waals surface area contributed by atoms with Crippen molar-refractivity contribution in [3.8, 4) is 0 Å². The zero-order valence-corrected chi connectivity index (χ0v) is 14.6. The third-order valence-electron chi connectivity index (χ3n) is 2.27. The van der Waals surface area contributed by atoms with Crippen molar-refractivity contribution in [3.05, 3.63) is 0 Å². The lowest BCUT2D eigenvalue weighted by molar-refractivity contribution is -0.322. The molecule has 8 heteroatoms. The van der Waals surface area contributed by atoms with Crippen LogP contribution in [0, 0.1) is 5.92 Å². The Kier molecular flexibility index (Phi) is 10.7. The molecule has 0 spiro atoms. The molecule has 2 N–H and O–H groups in total. The minimum Gasteiger partial charge on any atom is -0.463 e. The second-order valence-electron chi connectivity index (χ2n) is 6.01. The third kappa shape index (κ3) is 13.0. The van der Waals surface area contributed by atoms with E-state index in [-0.39, 0.29) is 44.9 Å². The lowest BCUT2D eigenvalue weighted by Gasteiger charge is -2.27. The van der Waals surface area contributed by atoms with Crippen molar-refractivity contribution >= 4 is 11.9 Å². The average Bonchev–Trinajstić information content (AvgIpc) is 2.45. The van der Waals surface area contributed by atoms with E-state index in [0.29, 0.717) is 0 Å². The lowest BCUT2D eigenvalue weighted by atomic mass is 10.2. The molecule has 0 aromatic rings. The van der Waals surface area contributed by atoms with Gasteiger partial charge in [0.2, 0.25) is 0 Å². The number of nitrogens with two attached hydrogens (primary N) is 1. The molecular formula is C15H29NO7. The van der Waals surface area contributed by atoms with Crippen molar-refractivity contribution in [2.24, 2.45) is 11.7 Å². The van der Waals surface area contributed by atoms with Crippen LogP contribution in [0.1, 0.15) is 34.6 Å². The van der Waals surface area contributed by atoms with Gasteiger partial charge in [-0.1, -0.05) is 13.8 Å². The molecule has 0 aromatic heterocycles. The molecule has 0 bridgehead atoms. The lowest BCUT2D eigenvalue weighted by Crippen LogP contribution is -2.33. The zero-order chi connectivity index (χ0) is 17.9. The van der Waals surface area contributed by atoms with E-state index in [1.807, 2.05) is 20.8 Å². The van der Waals surface area contributed by atoms with Gasteiger partial charge in [0.25, 0.3) is 6.48 Å². The Balaban J connectivity index is 4.10. The van der Waals surface area contributed by atoms with Gasteiger partial charge in [-0.05, 0) is 20.8 Å². The van der Waals surface area contributed by atoms with Gasteiger partial charge < -0.3 is 29.4 Å². The fourth-order valence-electron chi connectivity index (χ4n) is 1.22. The molecule has 0 amide bonds. The summed E-state index contributed by atoms with van der Waals surface area (Å²) in [5, 5.41) is 0. The highest BCUT2D eigenvalue weighted by molar-refractivity contribution is 5.71. The summed E-state index contributed by atoms with van der Waals surface area (Å²) < 4.78 is 26.1. The number of carbonyl (C=O) groups is 2. The van der Waals surface area contributed by atoms with E-state index in [1.165, 1.54) is 0 Å². The number of ether oxygens (including phenoxy) is 5. The van der Waals surface area contributed by atoms with Gasteiger partial charge in [0, 0.05) is 0 Å². The van der Waals surface area contributed by atoms with Crippen LogP contribution in [-0.2, 0) is 33.3 Å². The summed E-state index contributed by atoms with van der Waals surface area (Å²) in [7, 11) is 0. The van der Waals surface area contributed by atoms with E-state index in [4.69, 9.17) is 29.4 Å². The van der Waals surface area contributed by atoms with Crippen LogP contribution in [-0.4, -0.2) is 57.0 Å². The molecule has 0 aromatic carbocycles. The van der Waals surface area contributed by atoms with E-state index in [0.717, 1.165) is 0 Å². The van der Waals surface area contributed by atoms with Gasteiger partial charge in [-0.25, -0.2) is 0 Å². The topological polar surface area (TPSA) is 106 Å². The summed E-state index contributed by atoms with van der Waals surface area (Å²) in [5.41, 5.74) is 4.62. The fraction of sp³-hybridized carbons (Fsp3) is 0.867. The first-order valence-corrected chi connectivity index (χ1v) is 7.59. The van der Waals surface area contributed by atoms with Gasteiger partial charge in [0.15, 0.2) is 0 Å². The molecule has 23 heavy (non-hydrogen) atoms. The third-order valence-corrected chi connectivity index (χ3v) is 2.27. The summed E-state index contributed by atoms with van der Waals surface area (Å²) in [4.78, 5) is 22.2. The summed E-state index contributed by atoms with van der Waals surface area (Å²) in [6.45, 7) is 8.28. The van der Waals surface area contributed by atoms with Crippen LogP contribution < -0.4 is 5.73 Å². The second-order valence-corrected chi connectivity index (χ2v) is 6.01. The molecule has 0 heterocycles. The molecule has 136 valence electrons. The number of rotatable bonds is 11. The van der Waals surface area contributed by atoms with E-state index in [1.54, 1.807) is 13.8 Å². The van der Waals surface area contributed by atoms with Crippen molar-refractivity contribution in [2.75, 3.05) is 33.0 Å². The minimum atomic E-state index is -0.954. The fourth-order valence-corrected chi connectivity index (χ4v) is 1.22. The number of hydrogen-bond acceptors (Lipinski definition) is 8. The van der Waals surface area contributed by atoms with Crippen LogP contribution in [0.5, 0.6) is 0 Å². The first-order chi connectivity index (χ1) is 10.7. The molecule has 0 radical (unpaired) electrons. The molecule has 1 unspecified atom stereocenters. The zero-order valence-electron chi connectivity index (χ0n) is 14.6. The molecule has 0 saturated carbocycles. The Bertz CT molecular complexity index is 352. The maximum absolute atomic E-state index is 11.3. The SMILES string of the molecule is CC(C)C(=O)OCCOC(OCCOC(=O)CN)OC(C)(C)C. The van der Waals surface area contributed by atoms with Gasteiger partial charge in [-0.2, -0.15) is 0 Å². The molecule has 0 aliphatic rings. The molecule has 0 rings (SSSR count). The van der Waals surface area contributed by atoms with Crippen LogP contribution >= 0.6 is 0 Å². The van der Waals surface area contributed by atoms with Crippen molar-refractivity contribution in [2.45, 2.75) is 46.7 Å². The van der Waals surface area contributed by atoms with Crippen LogP contribution in [0.25, 0.3) is 0 Å². The van der Waals surface area contributed by atoms with Crippen LogP contribution in [0.15, 0.2) is 0 Å². The van der Waals surface area contributed by atoms with Gasteiger partial charge in [0.05, 0.1) is 31.3 Å². The Morgan fingerprint density at radius 2 is 1.48 bits per heavy atom. The summed E-state index contributed by atoms with van der Waals surface area (Å²) in [5.74, 6) is -0.995. The van der Waals surface area contributed by atoms with Crippen molar-refractivity contribution in [3.63, 3.8) is 0 Å². The number of esters is 2. The Morgan fingerprint density at radius 3 is 1.91 bits per heavy atom. The highest BCUT2D eigenvalue weighted by Gasteiger charge is 2.20. The summed E-state index contributed by atoms with van der Waals surface area (Å²) in [6.07, 6.45) is 0. The quantitative estimate of drug-likeness (QED) is 0.336. The molecular weight excluding hydrogens is 306 g/mol. The van der Waals surface area contributed by atoms with Crippen molar-refractivity contribution in [1.82, 2.24) is 0 Å². The highest BCUT2D eigenvalue weighted by atomic mass is 16.9. The predicted octanol–water partition coefficient (Wildman–Crippen LogP) is 0.819. The monoisotopic (exact) mass is 335 g/mol. The van der Waals surface area contributed by atoms with Crippen molar-refractivity contribution < 1.29 is 33.3 Å².